The third-order valence-electron chi connectivity index (χ3n) is 3.30. The summed E-state index contributed by atoms with van der Waals surface area (Å²) >= 11 is 0. The Kier molecular flexibility index (Phi) is 5.58. The molecule has 0 aliphatic carbocycles. The topological polar surface area (TPSA) is 33.3 Å². The minimum absolute atomic E-state index is 0.456. The smallest absolute Gasteiger partial charge is 0.0471 e. The van der Waals surface area contributed by atoms with E-state index in [0.717, 1.165) is 32.8 Å². The van der Waals surface area contributed by atoms with E-state index in [0.29, 0.717) is 11.3 Å². The molecule has 3 heteroatoms. The van der Waals surface area contributed by atoms with Crippen LogP contribution in [0.4, 0.5) is 0 Å². The van der Waals surface area contributed by atoms with Crippen LogP contribution in [0.3, 0.4) is 0 Å². The van der Waals surface area contributed by atoms with Gasteiger partial charge in [0.2, 0.25) is 0 Å². The highest BCUT2D eigenvalue weighted by atomic mass is 16.5. The molecule has 1 fully saturated rings. The molecule has 0 aromatic rings. The van der Waals surface area contributed by atoms with Gasteiger partial charge in [-0.15, -0.1) is 0 Å². The minimum atomic E-state index is 0.456. The van der Waals surface area contributed by atoms with Crippen LogP contribution in [0.1, 0.15) is 26.7 Å². The molecule has 1 atom stereocenters. The quantitative estimate of drug-likeness (QED) is 0.698. The second-order valence-corrected chi connectivity index (χ2v) is 5.22. The van der Waals surface area contributed by atoms with Gasteiger partial charge in [-0.05, 0) is 44.3 Å². The molecule has 1 saturated heterocycles. The largest absolute Gasteiger partial charge is 0.381 e. The van der Waals surface area contributed by atoms with E-state index in [2.05, 4.69) is 24.5 Å². The van der Waals surface area contributed by atoms with Gasteiger partial charge in [0.1, 0.15) is 0 Å². The Morgan fingerprint density at radius 1 is 1.27 bits per heavy atom. The summed E-state index contributed by atoms with van der Waals surface area (Å²) in [6, 6.07) is 0. The van der Waals surface area contributed by atoms with Gasteiger partial charge in [-0.3, -0.25) is 0 Å². The lowest BCUT2D eigenvalue weighted by Crippen LogP contribution is -2.39. The Morgan fingerprint density at radius 2 is 1.93 bits per heavy atom. The van der Waals surface area contributed by atoms with Crippen LogP contribution in [0, 0.1) is 11.3 Å². The molecule has 1 rings (SSSR count). The summed E-state index contributed by atoms with van der Waals surface area (Å²) < 4.78 is 5.39. The highest BCUT2D eigenvalue weighted by molar-refractivity contribution is 4.79. The molecular weight excluding hydrogens is 188 g/mol. The van der Waals surface area contributed by atoms with Crippen LogP contribution in [0.15, 0.2) is 0 Å². The molecule has 90 valence electrons. The van der Waals surface area contributed by atoms with Crippen LogP contribution in [0.25, 0.3) is 0 Å². The molecule has 1 aliphatic rings. The van der Waals surface area contributed by atoms with Gasteiger partial charge < -0.3 is 15.4 Å². The third kappa shape index (κ3) is 4.96. The second kappa shape index (κ2) is 6.46. The zero-order valence-electron chi connectivity index (χ0n) is 10.4. The van der Waals surface area contributed by atoms with Crippen LogP contribution in [-0.4, -0.2) is 39.9 Å². The normalized spacial score (nSPS) is 22.6. The summed E-state index contributed by atoms with van der Waals surface area (Å²) in [6.07, 6.45) is 2.39. The van der Waals surface area contributed by atoms with E-state index in [4.69, 9.17) is 4.74 Å². The van der Waals surface area contributed by atoms with E-state index in [1.54, 1.807) is 0 Å². The molecule has 0 aromatic heterocycles. The van der Waals surface area contributed by atoms with E-state index in [1.165, 1.54) is 12.8 Å². The summed E-state index contributed by atoms with van der Waals surface area (Å²) in [4.78, 5) is 0. The third-order valence-corrected chi connectivity index (χ3v) is 3.30. The van der Waals surface area contributed by atoms with Crippen molar-refractivity contribution < 1.29 is 4.74 Å². The molecule has 0 saturated carbocycles. The number of nitrogens with one attached hydrogen (secondary N) is 2. The van der Waals surface area contributed by atoms with Crippen molar-refractivity contribution in [2.24, 2.45) is 11.3 Å². The first-order valence-electron chi connectivity index (χ1n) is 6.09. The van der Waals surface area contributed by atoms with Gasteiger partial charge in [0, 0.05) is 19.8 Å². The summed E-state index contributed by atoms with van der Waals surface area (Å²) in [5.74, 6) is 0.707. The van der Waals surface area contributed by atoms with Crippen molar-refractivity contribution in [2.75, 3.05) is 39.9 Å². The Bertz CT molecular complexity index is 167. The summed E-state index contributed by atoms with van der Waals surface area (Å²) in [5.41, 5.74) is 0.456. The van der Waals surface area contributed by atoms with Gasteiger partial charge in [-0.2, -0.15) is 0 Å². The van der Waals surface area contributed by atoms with Gasteiger partial charge in [0.15, 0.2) is 0 Å². The molecule has 2 N–H and O–H groups in total. The second-order valence-electron chi connectivity index (χ2n) is 5.22. The van der Waals surface area contributed by atoms with E-state index in [1.807, 2.05) is 7.05 Å². The first kappa shape index (κ1) is 12.9. The van der Waals surface area contributed by atoms with Gasteiger partial charge in [-0.1, -0.05) is 13.8 Å². The van der Waals surface area contributed by atoms with E-state index >= 15 is 0 Å². The van der Waals surface area contributed by atoms with Gasteiger partial charge in [0.05, 0.1) is 0 Å². The highest BCUT2D eigenvalue weighted by Crippen LogP contribution is 2.28. The van der Waals surface area contributed by atoms with Crippen LogP contribution in [0.5, 0.6) is 0 Å². The molecule has 0 aromatic carbocycles. The summed E-state index contributed by atoms with van der Waals surface area (Å²) in [7, 11) is 2.01. The summed E-state index contributed by atoms with van der Waals surface area (Å²) in [6.45, 7) is 9.84. The fourth-order valence-electron chi connectivity index (χ4n) is 2.08. The van der Waals surface area contributed by atoms with Crippen molar-refractivity contribution in [2.45, 2.75) is 26.7 Å². The van der Waals surface area contributed by atoms with Gasteiger partial charge in [0.25, 0.3) is 0 Å². The lowest BCUT2D eigenvalue weighted by molar-refractivity contribution is 0.0239. The van der Waals surface area contributed by atoms with E-state index in [9.17, 15) is 0 Å². The number of ether oxygens (including phenoxy) is 1. The standard InChI is InChI=1S/C12H26N2O/c1-11(8-13-3)9-14-10-12(2)4-6-15-7-5-12/h11,13-14H,4-10H2,1-3H3. The van der Waals surface area contributed by atoms with Crippen LogP contribution in [-0.2, 0) is 4.74 Å². The molecular formula is C12H26N2O. The Hall–Kier alpha value is -0.120. The Balaban J connectivity index is 2.12. The SMILES string of the molecule is CNCC(C)CNCC1(C)CCOCC1. The number of rotatable bonds is 6. The Labute approximate surface area is 94.0 Å². The Morgan fingerprint density at radius 3 is 2.53 bits per heavy atom. The number of hydrogen-bond donors (Lipinski definition) is 2. The molecule has 0 amide bonds. The van der Waals surface area contributed by atoms with E-state index in [-0.39, 0.29) is 0 Å². The minimum Gasteiger partial charge on any atom is -0.381 e. The maximum Gasteiger partial charge on any atom is 0.0471 e. The number of hydrogen-bond acceptors (Lipinski definition) is 3. The maximum absolute atomic E-state index is 5.39. The molecule has 0 bridgehead atoms. The molecule has 15 heavy (non-hydrogen) atoms. The van der Waals surface area contributed by atoms with Crippen molar-refractivity contribution >= 4 is 0 Å². The van der Waals surface area contributed by atoms with Crippen molar-refractivity contribution in [3.05, 3.63) is 0 Å². The van der Waals surface area contributed by atoms with Crippen LogP contribution in [0.2, 0.25) is 0 Å². The molecule has 1 aliphatic heterocycles. The molecule has 1 unspecified atom stereocenters. The zero-order valence-corrected chi connectivity index (χ0v) is 10.4. The van der Waals surface area contributed by atoms with Gasteiger partial charge in [-0.25, -0.2) is 0 Å². The fraction of sp³-hybridized carbons (Fsp3) is 1.00. The lowest BCUT2D eigenvalue weighted by atomic mass is 9.82. The van der Waals surface area contributed by atoms with Crippen molar-refractivity contribution in [3.8, 4) is 0 Å². The van der Waals surface area contributed by atoms with Crippen LogP contribution >= 0.6 is 0 Å². The van der Waals surface area contributed by atoms with Crippen molar-refractivity contribution in [3.63, 3.8) is 0 Å². The highest BCUT2D eigenvalue weighted by Gasteiger charge is 2.26. The van der Waals surface area contributed by atoms with E-state index < -0.39 is 0 Å². The summed E-state index contributed by atoms with van der Waals surface area (Å²) in [5, 5.41) is 6.79. The molecule has 0 spiro atoms. The predicted molar refractivity (Wildman–Crippen MR) is 64.1 cm³/mol. The molecule has 3 nitrogen and oxygen atoms in total. The average molecular weight is 214 g/mol. The average Bonchev–Trinajstić information content (AvgIpc) is 2.19. The monoisotopic (exact) mass is 214 g/mol. The maximum atomic E-state index is 5.39. The van der Waals surface area contributed by atoms with Crippen molar-refractivity contribution in [1.82, 2.24) is 10.6 Å². The van der Waals surface area contributed by atoms with Gasteiger partial charge >= 0.3 is 0 Å². The first-order chi connectivity index (χ1) is 7.16. The predicted octanol–water partition coefficient (Wildman–Crippen LogP) is 1.25. The fourth-order valence-corrected chi connectivity index (χ4v) is 2.08. The first-order valence-corrected chi connectivity index (χ1v) is 6.09. The zero-order chi connectivity index (χ0) is 11.1. The van der Waals surface area contributed by atoms with Crippen molar-refractivity contribution in [1.29, 1.82) is 0 Å². The molecule has 1 heterocycles. The molecule has 0 radical (unpaired) electrons. The van der Waals surface area contributed by atoms with Crippen LogP contribution < -0.4 is 10.6 Å². The lowest BCUT2D eigenvalue weighted by Gasteiger charge is -2.34.